The van der Waals surface area contributed by atoms with Gasteiger partial charge in [0.05, 0.1) is 17.5 Å². The number of aromatic amines is 1. The van der Waals surface area contributed by atoms with Crippen LogP contribution in [-0.2, 0) is 0 Å². The van der Waals surface area contributed by atoms with Crippen molar-refractivity contribution in [3.8, 4) is 33.6 Å². The van der Waals surface area contributed by atoms with Gasteiger partial charge in [-0.1, -0.05) is 6.07 Å². The number of nitrogens with zero attached hydrogens (tertiary/aromatic N) is 6. The van der Waals surface area contributed by atoms with Crippen LogP contribution in [0.3, 0.4) is 0 Å². The molecular weight excluding hydrogens is 498 g/mol. The van der Waals surface area contributed by atoms with Crippen LogP contribution in [-0.4, -0.2) is 55.0 Å². The predicted octanol–water partition coefficient (Wildman–Crippen LogP) is 4.83. The molecule has 0 radical (unpaired) electrons. The molecule has 192 valence electrons. The Morgan fingerprint density at radius 2 is 1.79 bits per heavy atom. The molecule has 0 aliphatic carbocycles. The number of fused-ring (bicyclic) bond motifs is 4. The third-order valence-corrected chi connectivity index (χ3v) is 7.92. The SMILES string of the molecule is Fc1cc(N2C[C@H]3C[C@@H]2CN3)ccc1-c1ccnc2c(-c3ccc(F)c4[nH]ncc34)c(-c3ccncc3)nn12. The first kappa shape index (κ1) is 22.3. The first-order chi connectivity index (χ1) is 19.2. The van der Waals surface area contributed by atoms with Crippen molar-refractivity contribution in [2.45, 2.75) is 18.5 Å². The number of nitrogens with one attached hydrogen (secondary N) is 2. The lowest BCUT2D eigenvalue weighted by Gasteiger charge is -2.29. The average molecular weight is 521 g/mol. The smallest absolute Gasteiger partial charge is 0.164 e. The third-order valence-electron chi connectivity index (χ3n) is 7.92. The van der Waals surface area contributed by atoms with Crippen LogP contribution in [0.4, 0.5) is 14.5 Å². The summed E-state index contributed by atoms with van der Waals surface area (Å²) in [6.07, 6.45) is 7.72. The molecule has 0 spiro atoms. The van der Waals surface area contributed by atoms with Crippen LogP contribution in [0.5, 0.6) is 0 Å². The zero-order valence-electron chi connectivity index (χ0n) is 20.6. The molecule has 8 rings (SSSR count). The van der Waals surface area contributed by atoms with Gasteiger partial charge in [-0.05, 0) is 54.4 Å². The summed E-state index contributed by atoms with van der Waals surface area (Å²) < 4.78 is 32.0. The Labute approximate surface area is 221 Å². The fourth-order valence-corrected chi connectivity index (χ4v) is 6.10. The summed E-state index contributed by atoms with van der Waals surface area (Å²) in [6, 6.07) is 14.9. The van der Waals surface area contributed by atoms with Crippen molar-refractivity contribution >= 4 is 22.2 Å². The van der Waals surface area contributed by atoms with Crippen molar-refractivity contribution < 1.29 is 8.78 Å². The van der Waals surface area contributed by atoms with E-state index >= 15 is 4.39 Å². The number of hydrogen-bond acceptors (Lipinski definition) is 6. The molecule has 2 aliphatic heterocycles. The van der Waals surface area contributed by atoms with Gasteiger partial charge in [0.15, 0.2) is 5.65 Å². The summed E-state index contributed by atoms with van der Waals surface area (Å²) in [6.45, 7) is 1.82. The van der Waals surface area contributed by atoms with Gasteiger partial charge in [-0.25, -0.2) is 18.3 Å². The van der Waals surface area contributed by atoms with Crippen LogP contribution in [0.15, 0.2) is 73.3 Å². The van der Waals surface area contributed by atoms with Crippen LogP contribution in [0.1, 0.15) is 6.42 Å². The van der Waals surface area contributed by atoms with E-state index < -0.39 is 5.82 Å². The van der Waals surface area contributed by atoms with E-state index in [1.165, 1.54) is 6.07 Å². The van der Waals surface area contributed by atoms with Gasteiger partial charge in [0, 0.05) is 66.0 Å². The van der Waals surface area contributed by atoms with Gasteiger partial charge in [0.2, 0.25) is 0 Å². The van der Waals surface area contributed by atoms with E-state index in [4.69, 9.17) is 5.10 Å². The first-order valence-electron chi connectivity index (χ1n) is 12.9. The maximum atomic E-state index is 15.8. The number of benzene rings is 2. The molecule has 0 unspecified atom stereocenters. The molecule has 2 saturated heterocycles. The summed E-state index contributed by atoms with van der Waals surface area (Å²) in [5, 5.41) is 15.8. The monoisotopic (exact) mass is 520 g/mol. The van der Waals surface area contributed by atoms with Crippen molar-refractivity contribution in [1.82, 2.24) is 35.1 Å². The maximum absolute atomic E-state index is 15.8. The highest BCUT2D eigenvalue weighted by Gasteiger charge is 2.37. The molecule has 2 aromatic carbocycles. The number of rotatable bonds is 4. The van der Waals surface area contributed by atoms with E-state index in [1.807, 2.05) is 24.3 Å². The van der Waals surface area contributed by atoms with Gasteiger partial charge >= 0.3 is 0 Å². The molecule has 6 heterocycles. The normalized spacial score (nSPS) is 18.6. The number of pyridine rings is 1. The Balaban J connectivity index is 1.33. The second kappa shape index (κ2) is 8.40. The lowest BCUT2D eigenvalue weighted by molar-refractivity contribution is 0.577. The molecule has 2 fully saturated rings. The number of halogens is 2. The number of hydrogen-bond donors (Lipinski definition) is 2. The van der Waals surface area contributed by atoms with E-state index in [9.17, 15) is 4.39 Å². The lowest BCUT2D eigenvalue weighted by Crippen LogP contribution is -2.43. The standard InChI is InChI=1S/C29H22F2N8/c30-23-4-3-20(22-14-35-36-28(22)23)26-27(16-5-8-32-9-6-16)37-39-25(7-10-33-29(26)39)21-2-1-18(12-24(21)31)38-15-17-11-19(38)13-34-17/h1-10,12,14,17,19,34H,11,13,15H2,(H,35,36)/t17-,19-/m1/s1. The number of anilines is 1. The second-order valence-corrected chi connectivity index (χ2v) is 10.1. The molecule has 39 heavy (non-hydrogen) atoms. The summed E-state index contributed by atoms with van der Waals surface area (Å²) in [5.74, 6) is -0.719. The minimum atomic E-state index is -0.397. The minimum absolute atomic E-state index is 0.302. The van der Waals surface area contributed by atoms with Crippen molar-refractivity contribution in [2.24, 2.45) is 0 Å². The van der Waals surface area contributed by atoms with E-state index in [0.717, 1.165) is 36.3 Å². The third kappa shape index (κ3) is 3.38. The zero-order valence-corrected chi connectivity index (χ0v) is 20.6. The van der Waals surface area contributed by atoms with Gasteiger partial charge < -0.3 is 10.2 Å². The van der Waals surface area contributed by atoms with Gasteiger partial charge in [-0.15, -0.1) is 0 Å². The Hall–Kier alpha value is -4.70. The minimum Gasteiger partial charge on any atom is -0.366 e. The average Bonchev–Trinajstić information content (AvgIpc) is 3.77. The first-order valence-corrected chi connectivity index (χ1v) is 12.9. The molecule has 2 atom stereocenters. The molecule has 4 aromatic heterocycles. The summed E-state index contributed by atoms with van der Waals surface area (Å²) in [7, 11) is 0. The summed E-state index contributed by atoms with van der Waals surface area (Å²) in [5.41, 5.74) is 5.58. The van der Waals surface area contributed by atoms with Crippen LogP contribution < -0.4 is 10.2 Å². The quantitative estimate of drug-likeness (QED) is 0.346. The highest BCUT2D eigenvalue weighted by molar-refractivity contribution is 6.03. The van der Waals surface area contributed by atoms with E-state index in [2.05, 4.69) is 30.4 Å². The molecule has 2 N–H and O–H groups in total. The van der Waals surface area contributed by atoms with Crippen molar-refractivity contribution in [3.05, 3.63) is 85.0 Å². The topological polar surface area (TPSA) is 87.0 Å². The molecular formula is C29H22F2N8. The molecule has 10 heteroatoms. The summed E-state index contributed by atoms with van der Waals surface area (Å²) in [4.78, 5) is 11.1. The van der Waals surface area contributed by atoms with E-state index in [-0.39, 0.29) is 5.82 Å². The molecule has 0 saturated carbocycles. The van der Waals surface area contributed by atoms with Gasteiger partial charge in [-0.2, -0.15) is 10.2 Å². The van der Waals surface area contributed by atoms with E-state index in [0.29, 0.717) is 51.1 Å². The summed E-state index contributed by atoms with van der Waals surface area (Å²) >= 11 is 0. The number of aromatic nitrogens is 6. The van der Waals surface area contributed by atoms with Crippen LogP contribution in [0.2, 0.25) is 0 Å². The lowest BCUT2D eigenvalue weighted by atomic mass is 9.98. The zero-order chi connectivity index (χ0) is 26.1. The highest BCUT2D eigenvalue weighted by atomic mass is 19.1. The second-order valence-electron chi connectivity index (χ2n) is 10.1. The van der Waals surface area contributed by atoms with Crippen molar-refractivity contribution in [2.75, 3.05) is 18.0 Å². The maximum Gasteiger partial charge on any atom is 0.164 e. The van der Waals surface area contributed by atoms with Crippen LogP contribution in [0.25, 0.3) is 50.2 Å². The molecule has 0 amide bonds. The largest absolute Gasteiger partial charge is 0.366 e. The highest BCUT2D eigenvalue weighted by Crippen LogP contribution is 2.40. The molecule has 8 nitrogen and oxygen atoms in total. The molecule has 2 bridgehead atoms. The Morgan fingerprint density at radius 3 is 2.59 bits per heavy atom. The van der Waals surface area contributed by atoms with Gasteiger partial charge in [0.25, 0.3) is 0 Å². The molecule has 2 aliphatic rings. The predicted molar refractivity (Wildman–Crippen MR) is 144 cm³/mol. The van der Waals surface area contributed by atoms with Crippen molar-refractivity contribution in [1.29, 1.82) is 0 Å². The van der Waals surface area contributed by atoms with Crippen molar-refractivity contribution in [3.63, 3.8) is 0 Å². The van der Waals surface area contributed by atoms with Gasteiger partial charge in [0.1, 0.15) is 22.8 Å². The van der Waals surface area contributed by atoms with Gasteiger partial charge in [-0.3, -0.25) is 10.1 Å². The number of piperazine rings is 1. The van der Waals surface area contributed by atoms with E-state index in [1.54, 1.807) is 47.5 Å². The fraction of sp³-hybridized carbons (Fsp3) is 0.172. The Kier molecular flexibility index (Phi) is 4.80. The number of H-pyrrole nitrogens is 1. The Bertz CT molecular complexity index is 1880. The molecule has 6 aromatic rings. The van der Waals surface area contributed by atoms with Crippen LogP contribution in [0, 0.1) is 11.6 Å². The fourth-order valence-electron chi connectivity index (χ4n) is 6.10. The Morgan fingerprint density at radius 1 is 0.923 bits per heavy atom. The van der Waals surface area contributed by atoms with Crippen LogP contribution >= 0.6 is 0 Å².